The summed E-state index contributed by atoms with van der Waals surface area (Å²) in [5, 5.41) is 11.5. The number of aromatic nitrogens is 3. The van der Waals surface area contributed by atoms with Gasteiger partial charge in [-0.15, -0.1) is 0 Å². The molecule has 0 aliphatic rings. The molecule has 0 spiro atoms. The molecule has 1 heterocycles. The molecule has 1 aromatic rings. The zero-order chi connectivity index (χ0) is 14.6. The van der Waals surface area contributed by atoms with Gasteiger partial charge in [0.15, 0.2) is 15.1 Å². The first-order chi connectivity index (χ1) is 8.77. The van der Waals surface area contributed by atoms with E-state index < -0.39 is 26.8 Å². The summed E-state index contributed by atoms with van der Waals surface area (Å²) in [6.07, 6.45) is 1.32. The van der Waals surface area contributed by atoms with Gasteiger partial charge in [0.2, 0.25) is 0 Å². The second-order valence-corrected chi connectivity index (χ2v) is 6.98. The Morgan fingerprint density at radius 2 is 2.11 bits per heavy atom. The van der Waals surface area contributed by atoms with Crippen LogP contribution < -0.4 is 0 Å². The fourth-order valence-corrected chi connectivity index (χ4v) is 3.36. The molecule has 1 unspecified atom stereocenters. The van der Waals surface area contributed by atoms with Crippen LogP contribution in [-0.2, 0) is 26.9 Å². The Morgan fingerprint density at radius 1 is 1.47 bits per heavy atom. The Balaban J connectivity index is 2.95. The van der Waals surface area contributed by atoms with Gasteiger partial charge < -0.3 is 5.11 Å². The smallest absolute Gasteiger partial charge is 0.321 e. The summed E-state index contributed by atoms with van der Waals surface area (Å²) in [6, 6.07) is 0. The highest BCUT2D eigenvalue weighted by molar-refractivity contribution is 7.92. The molecule has 19 heavy (non-hydrogen) atoms. The van der Waals surface area contributed by atoms with Crippen LogP contribution in [0.2, 0.25) is 0 Å². The van der Waals surface area contributed by atoms with Gasteiger partial charge in [0.05, 0.1) is 0 Å². The number of sulfone groups is 1. The number of nitrogens with zero attached hydrogens (tertiary/aromatic N) is 3. The third kappa shape index (κ3) is 4.02. The average Bonchev–Trinajstić information content (AvgIpc) is 2.63. The number of rotatable bonds is 7. The second kappa shape index (κ2) is 6.14. The lowest BCUT2D eigenvalue weighted by molar-refractivity contribution is -0.136. The Hall–Kier alpha value is -1.44. The minimum absolute atomic E-state index is 0.0377. The molecule has 0 radical (unpaired) electrons. The van der Waals surface area contributed by atoms with Crippen LogP contribution in [0, 0.1) is 5.92 Å². The molecule has 0 saturated carbocycles. The quantitative estimate of drug-likeness (QED) is 0.793. The molecular weight excluding hydrogens is 270 g/mol. The molecule has 1 aromatic heterocycles. The standard InChI is InChI=1S/C11H19N3O4S/c1-4-9(11(15)16)19(17,18)6-10-12-7-13-14(10)5-8(2)3/h7-9H,4-6H2,1-3H3,(H,15,16). The summed E-state index contributed by atoms with van der Waals surface area (Å²) in [4.78, 5) is 14.9. The molecule has 0 aliphatic carbocycles. The SMILES string of the molecule is CCC(C(=O)O)S(=O)(=O)Cc1ncnn1CC(C)C. The van der Waals surface area contributed by atoms with Crippen LogP contribution in [-0.4, -0.2) is 39.5 Å². The van der Waals surface area contributed by atoms with Crippen LogP contribution in [0.3, 0.4) is 0 Å². The van der Waals surface area contributed by atoms with E-state index in [9.17, 15) is 13.2 Å². The Labute approximate surface area is 112 Å². The number of aliphatic carboxylic acids is 1. The predicted octanol–water partition coefficient (Wildman–Crippen LogP) is 0.712. The summed E-state index contributed by atoms with van der Waals surface area (Å²) in [5.41, 5.74) is 0. The first-order valence-electron chi connectivity index (χ1n) is 6.09. The summed E-state index contributed by atoms with van der Waals surface area (Å²) >= 11 is 0. The van der Waals surface area contributed by atoms with Crippen LogP contribution >= 0.6 is 0 Å². The van der Waals surface area contributed by atoms with Gasteiger partial charge in [0, 0.05) is 6.54 Å². The number of hydrogen-bond donors (Lipinski definition) is 1. The van der Waals surface area contributed by atoms with E-state index in [-0.39, 0.29) is 12.2 Å². The van der Waals surface area contributed by atoms with Crippen molar-refractivity contribution in [2.75, 3.05) is 0 Å². The van der Waals surface area contributed by atoms with Crippen LogP contribution in [0.25, 0.3) is 0 Å². The third-order valence-corrected chi connectivity index (χ3v) is 4.71. The largest absolute Gasteiger partial charge is 0.480 e. The first kappa shape index (κ1) is 15.6. The number of carboxylic acid groups (broad SMARTS) is 1. The minimum atomic E-state index is -3.78. The van der Waals surface area contributed by atoms with E-state index in [0.29, 0.717) is 12.5 Å². The van der Waals surface area contributed by atoms with Crippen molar-refractivity contribution in [2.24, 2.45) is 5.92 Å². The molecule has 0 fully saturated rings. The van der Waals surface area contributed by atoms with Gasteiger partial charge in [-0.3, -0.25) is 4.79 Å². The van der Waals surface area contributed by atoms with E-state index in [4.69, 9.17) is 5.11 Å². The highest BCUT2D eigenvalue weighted by atomic mass is 32.2. The lowest BCUT2D eigenvalue weighted by Gasteiger charge is -2.12. The van der Waals surface area contributed by atoms with Crippen LogP contribution in [0.5, 0.6) is 0 Å². The molecule has 1 N–H and O–H groups in total. The fraction of sp³-hybridized carbons (Fsp3) is 0.727. The van der Waals surface area contributed by atoms with Crippen LogP contribution in [0.4, 0.5) is 0 Å². The number of hydrogen-bond acceptors (Lipinski definition) is 5. The normalized spacial score (nSPS) is 13.7. The fourth-order valence-electron chi connectivity index (χ4n) is 1.76. The van der Waals surface area contributed by atoms with Crippen molar-refractivity contribution in [3.05, 3.63) is 12.2 Å². The highest BCUT2D eigenvalue weighted by Crippen LogP contribution is 2.13. The van der Waals surface area contributed by atoms with Crippen molar-refractivity contribution in [3.8, 4) is 0 Å². The van der Waals surface area contributed by atoms with Crippen LogP contribution in [0.15, 0.2) is 6.33 Å². The molecule has 0 aromatic carbocycles. The Morgan fingerprint density at radius 3 is 2.58 bits per heavy atom. The lowest BCUT2D eigenvalue weighted by Crippen LogP contribution is -2.31. The van der Waals surface area contributed by atoms with Gasteiger partial charge in [0.25, 0.3) is 0 Å². The topological polar surface area (TPSA) is 102 Å². The van der Waals surface area contributed by atoms with Crippen molar-refractivity contribution >= 4 is 15.8 Å². The van der Waals surface area contributed by atoms with Gasteiger partial charge in [0.1, 0.15) is 17.9 Å². The van der Waals surface area contributed by atoms with Crippen molar-refractivity contribution in [2.45, 2.75) is 44.7 Å². The maximum Gasteiger partial charge on any atom is 0.321 e. The third-order valence-electron chi connectivity index (χ3n) is 2.64. The zero-order valence-electron chi connectivity index (χ0n) is 11.3. The highest BCUT2D eigenvalue weighted by Gasteiger charge is 2.32. The molecule has 7 nitrogen and oxygen atoms in total. The summed E-state index contributed by atoms with van der Waals surface area (Å²) < 4.78 is 25.6. The first-order valence-corrected chi connectivity index (χ1v) is 7.80. The molecule has 1 rings (SSSR count). The molecule has 8 heteroatoms. The summed E-state index contributed by atoms with van der Waals surface area (Å²) in [5.74, 6) is -1.14. The van der Waals surface area contributed by atoms with Crippen molar-refractivity contribution in [3.63, 3.8) is 0 Å². The molecule has 0 saturated heterocycles. The van der Waals surface area contributed by atoms with E-state index in [2.05, 4.69) is 10.1 Å². The van der Waals surface area contributed by atoms with Gasteiger partial charge >= 0.3 is 5.97 Å². The van der Waals surface area contributed by atoms with Crippen molar-refractivity contribution in [1.29, 1.82) is 0 Å². The van der Waals surface area contributed by atoms with Crippen LogP contribution in [0.1, 0.15) is 33.0 Å². The van der Waals surface area contributed by atoms with E-state index in [1.807, 2.05) is 13.8 Å². The summed E-state index contributed by atoms with van der Waals surface area (Å²) in [6.45, 7) is 6.04. The zero-order valence-corrected chi connectivity index (χ0v) is 12.1. The lowest BCUT2D eigenvalue weighted by atomic mass is 10.2. The van der Waals surface area contributed by atoms with Gasteiger partial charge in [-0.25, -0.2) is 18.1 Å². The molecule has 1 atom stereocenters. The molecule has 0 amide bonds. The Bertz CT molecular complexity index is 536. The minimum Gasteiger partial charge on any atom is -0.480 e. The van der Waals surface area contributed by atoms with E-state index in [1.165, 1.54) is 17.9 Å². The summed E-state index contributed by atoms with van der Waals surface area (Å²) in [7, 11) is -3.78. The van der Waals surface area contributed by atoms with E-state index in [0.717, 1.165) is 0 Å². The number of carbonyl (C=O) groups is 1. The van der Waals surface area contributed by atoms with Crippen molar-refractivity contribution in [1.82, 2.24) is 14.8 Å². The Kier molecular flexibility index (Phi) is 5.04. The molecular formula is C11H19N3O4S. The monoisotopic (exact) mass is 289 g/mol. The van der Waals surface area contributed by atoms with Crippen molar-refractivity contribution < 1.29 is 18.3 Å². The van der Waals surface area contributed by atoms with Gasteiger partial charge in [-0.2, -0.15) is 5.10 Å². The average molecular weight is 289 g/mol. The molecule has 0 aliphatic heterocycles. The van der Waals surface area contributed by atoms with E-state index >= 15 is 0 Å². The maximum absolute atomic E-state index is 12.0. The predicted molar refractivity (Wildman–Crippen MR) is 69.2 cm³/mol. The molecule has 0 bridgehead atoms. The second-order valence-electron chi connectivity index (χ2n) is 4.79. The maximum atomic E-state index is 12.0. The van der Waals surface area contributed by atoms with Gasteiger partial charge in [-0.1, -0.05) is 20.8 Å². The number of carboxylic acids is 1. The van der Waals surface area contributed by atoms with Gasteiger partial charge in [-0.05, 0) is 12.3 Å². The van der Waals surface area contributed by atoms with E-state index in [1.54, 1.807) is 0 Å². The molecule has 108 valence electrons.